The Kier molecular flexibility index (Phi) is 4.72. The van der Waals surface area contributed by atoms with Crippen LogP contribution in [0, 0.1) is 0 Å². The van der Waals surface area contributed by atoms with E-state index in [2.05, 4.69) is 10.1 Å². The van der Waals surface area contributed by atoms with Crippen LogP contribution in [0.3, 0.4) is 0 Å². The Balaban J connectivity index is 1.54. The van der Waals surface area contributed by atoms with Crippen LogP contribution in [0.5, 0.6) is 0 Å². The van der Waals surface area contributed by atoms with Crippen molar-refractivity contribution in [3.05, 3.63) is 76.3 Å². The summed E-state index contributed by atoms with van der Waals surface area (Å²) in [6, 6.07) is 14.4. The zero-order valence-corrected chi connectivity index (χ0v) is 16.0. The normalized spacial score (nSPS) is 12.2. The van der Waals surface area contributed by atoms with Crippen LogP contribution in [0.15, 0.2) is 59.5 Å². The summed E-state index contributed by atoms with van der Waals surface area (Å²) in [5.74, 6) is -0.865. The van der Waals surface area contributed by atoms with E-state index in [1.165, 1.54) is 11.7 Å². The highest BCUT2D eigenvalue weighted by Gasteiger charge is 2.23. The number of Topliss-reactive ketones (excluding diaryl/α,β-unsaturated/α-hetero) is 1. The van der Waals surface area contributed by atoms with Crippen LogP contribution >= 0.6 is 0 Å². The molecule has 146 valence electrons. The summed E-state index contributed by atoms with van der Waals surface area (Å²) in [6.07, 6.45) is 0.542. The lowest BCUT2D eigenvalue weighted by Gasteiger charge is -2.13. The molecule has 0 saturated carbocycles. The van der Waals surface area contributed by atoms with E-state index in [9.17, 15) is 14.4 Å². The zero-order chi connectivity index (χ0) is 20.5. The fourth-order valence-corrected chi connectivity index (χ4v) is 3.43. The van der Waals surface area contributed by atoms with E-state index in [-0.39, 0.29) is 17.8 Å². The molecule has 1 atom stereocenters. The second kappa shape index (κ2) is 7.35. The maximum Gasteiger partial charge on any atom is 0.312 e. The Hall–Kier alpha value is -3.74. The minimum absolute atomic E-state index is 0.139. The number of nitrogens with zero attached hydrogens (tertiary/aromatic N) is 2. The number of ketones is 1. The van der Waals surface area contributed by atoms with E-state index in [4.69, 9.17) is 4.74 Å². The Labute approximate surface area is 165 Å². The molecule has 2 aromatic carbocycles. The summed E-state index contributed by atoms with van der Waals surface area (Å²) in [6.45, 7) is 1.55. The number of aromatic nitrogens is 3. The van der Waals surface area contributed by atoms with E-state index >= 15 is 0 Å². The monoisotopic (exact) mass is 389 g/mol. The lowest BCUT2D eigenvalue weighted by Crippen LogP contribution is -2.27. The molecule has 1 N–H and O–H groups in total. The number of H-pyrrole nitrogens is 1. The van der Waals surface area contributed by atoms with Gasteiger partial charge >= 0.3 is 5.97 Å². The van der Waals surface area contributed by atoms with Gasteiger partial charge in [-0.25, -0.2) is 4.68 Å². The SMILES string of the molecule is CC(OC(=O)Cc1nn(C)c(=O)c2ccccc12)C(=O)c1c[nH]c2ccccc12. The number of esters is 1. The van der Waals surface area contributed by atoms with Crippen LogP contribution in [0.25, 0.3) is 21.7 Å². The first-order chi connectivity index (χ1) is 14.0. The molecule has 4 aromatic rings. The van der Waals surface area contributed by atoms with Crippen LogP contribution in [-0.2, 0) is 23.0 Å². The number of nitrogens with one attached hydrogen (secondary N) is 1. The molecular weight excluding hydrogens is 370 g/mol. The first-order valence-electron chi connectivity index (χ1n) is 9.20. The lowest BCUT2D eigenvalue weighted by molar-refractivity contribution is -0.145. The molecule has 29 heavy (non-hydrogen) atoms. The maximum absolute atomic E-state index is 12.8. The van der Waals surface area contributed by atoms with E-state index < -0.39 is 12.1 Å². The van der Waals surface area contributed by atoms with Crippen LogP contribution < -0.4 is 5.56 Å². The van der Waals surface area contributed by atoms with Crippen molar-refractivity contribution in [2.45, 2.75) is 19.4 Å². The highest BCUT2D eigenvalue weighted by Crippen LogP contribution is 2.20. The van der Waals surface area contributed by atoms with Crippen molar-refractivity contribution >= 4 is 33.4 Å². The molecule has 1 unspecified atom stereocenters. The average Bonchev–Trinajstić information content (AvgIpc) is 3.15. The summed E-state index contributed by atoms with van der Waals surface area (Å²) in [7, 11) is 1.53. The third-order valence-electron chi connectivity index (χ3n) is 4.88. The van der Waals surface area contributed by atoms with Gasteiger partial charge in [0.2, 0.25) is 5.78 Å². The standard InChI is InChI=1S/C22H19N3O4/c1-13(21(27)17-12-23-18-10-6-5-8-15(17)18)29-20(26)11-19-14-7-3-4-9-16(14)22(28)25(2)24-19/h3-10,12-13,23H,11H2,1-2H3. The Morgan fingerprint density at radius 1 is 1.07 bits per heavy atom. The van der Waals surface area contributed by atoms with Crippen molar-refractivity contribution in [1.29, 1.82) is 0 Å². The first kappa shape index (κ1) is 18.6. The van der Waals surface area contributed by atoms with Crippen molar-refractivity contribution in [3.63, 3.8) is 0 Å². The molecule has 0 aliphatic carbocycles. The fraction of sp³-hybridized carbons (Fsp3) is 0.182. The van der Waals surface area contributed by atoms with Gasteiger partial charge in [-0.1, -0.05) is 36.4 Å². The molecule has 7 heteroatoms. The van der Waals surface area contributed by atoms with Crippen LogP contribution in [0.2, 0.25) is 0 Å². The molecule has 0 aliphatic rings. The highest BCUT2D eigenvalue weighted by atomic mass is 16.5. The van der Waals surface area contributed by atoms with Gasteiger partial charge in [-0.05, 0) is 19.1 Å². The van der Waals surface area contributed by atoms with Gasteiger partial charge < -0.3 is 9.72 Å². The number of para-hydroxylation sites is 1. The largest absolute Gasteiger partial charge is 0.454 e. The molecule has 0 amide bonds. The van der Waals surface area contributed by atoms with E-state index in [1.807, 2.05) is 24.3 Å². The minimum atomic E-state index is -0.944. The molecule has 7 nitrogen and oxygen atoms in total. The number of aromatic amines is 1. The van der Waals surface area contributed by atoms with E-state index in [1.54, 1.807) is 37.4 Å². The first-order valence-corrected chi connectivity index (χ1v) is 9.20. The Morgan fingerprint density at radius 3 is 2.48 bits per heavy atom. The topological polar surface area (TPSA) is 94.0 Å². The van der Waals surface area contributed by atoms with Crippen molar-refractivity contribution in [1.82, 2.24) is 14.8 Å². The summed E-state index contributed by atoms with van der Waals surface area (Å²) in [4.78, 5) is 40.5. The molecule has 2 aromatic heterocycles. The van der Waals surface area contributed by atoms with Gasteiger partial charge in [0.05, 0.1) is 17.5 Å². The van der Waals surface area contributed by atoms with Gasteiger partial charge in [-0.2, -0.15) is 5.10 Å². The smallest absolute Gasteiger partial charge is 0.312 e. The van der Waals surface area contributed by atoms with Crippen LogP contribution in [0.1, 0.15) is 23.0 Å². The highest BCUT2D eigenvalue weighted by molar-refractivity contribution is 6.10. The molecule has 0 aliphatic heterocycles. The number of fused-ring (bicyclic) bond motifs is 2. The predicted octanol–water partition coefficient (Wildman–Crippen LogP) is 2.77. The number of aryl methyl sites for hydroxylation is 1. The zero-order valence-electron chi connectivity index (χ0n) is 16.0. The van der Waals surface area contributed by atoms with Gasteiger partial charge in [0, 0.05) is 35.1 Å². The van der Waals surface area contributed by atoms with Crippen molar-refractivity contribution in [2.75, 3.05) is 0 Å². The van der Waals surface area contributed by atoms with E-state index in [0.717, 1.165) is 10.9 Å². The number of carbonyl (C=O) groups excluding carboxylic acids is 2. The van der Waals surface area contributed by atoms with E-state index in [0.29, 0.717) is 22.0 Å². The fourth-order valence-electron chi connectivity index (χ4n) is 3.43. The van der Waals surface area contributed by atoms with Gasteiger partial charge in [0.1, 0.15) is 0 Å². The number of rotatable bonds is 5. The molecule has 2 heterocycles. The lowest BCUT2D eigenvalue weighted by atomic mass is 10.1. The molecular formula is C22H19N3O4. The molecule has 0 radical (unpaired) electrons. The quantitative estimate of drug-likeness (QED) is 0.418. The molecule has 0 saturated heterocycles. The minimum Gasteiger partial charge on any atom is -0.454 e. The van der Waals surface area contributed by atoms with Crippen molar-refractivity contribution < 1.29 is 14.3 Å². The Morgan fingerprint density at radius 2 is 1.72 bits per heavy atom. The number of hydrogen-bond donors (Lipinski definition) is 1. The molecule has 0 fully saturated rings. The summed E-state index contributed by atoms with van der Waals surface area (Å²) < 4.78 is 6.58. The molecule has 0 bridgehead atoms. The number of benzene rings is 2. The van der Waals surface area contributed by atoms with Crippen molar-refractivity contribution in [3.8, 4) is 0 Å². The van der Waals surface area contributed by atoms with Gasteiger partial charge in [0.25, 0.3) is 5.56 Å². The molecule has 4 rings (SSSR count). The predicted molar refractivity (Wildman–Crippen MR) is 109 cm³/mol. The Bertz CT molecular complexity index is 1300. The second-order valence-corrected chi connectivity index (χ2v) is 6.84. The third kappa shape index (κ3) is 3.42. The van der Waals surface area contributed by atoms with Gasteiger partial charge in [0.15, 0.2) is 6.10 Å². The second-order valence-electron chi connectivity index (χ2n) is 6.84. The number of ether oxygens (including phenoxy) is 1. The summed E-state index contributed by atoms with van der Waals surface area (Å²) in [5, 5.41) is 6.06. The maximum atomic E-state index is 12.8. The van der Waals surface area contributed by atoms with Gasteiger partial charge in [-0.15, -0.1) is 0 Å². The van der Waals surface area contributed by atoms with Crippen LogP contribution in [-0.4, -0.2) is 32.6 Å². The van der Waals surface area contributed by atoms with Crippen LogP contribution in [0.4, 0.5) is 0 Å². The number of carbonyl (C=O) groups is 2. The summed E-state index contributed by atoms with van der Waals surface area (Å²) in [5.41, 5.74) is 1.52. The third-order valence-corrected chi connectivity index (χ3v) is 4.88. The average molecular weight is 389 g/mol. The number of hydrogen-bond acceptors (Lipinski definition) is 5. The summed E-state index contributed by atoms with van der Waals surface area (Å²) >= 11 is 0. The van der Waals surface area contributed by atoms with Gasteiger partial charge in [-0.3, -0.25) is 14.4 Å². The molecule has 0 spiro atoms. The van der Waals surface area contributed by atoms with Crippen molar-refractivity contribution in [2.24, 2.45) is 7.05 Å².